The Balaban J connectivity index is 1.59. The van der Waals surface area contributed by atoms with E-state index >= 15 is 0 Å². The van der Waals surface area contributed by atoms with Gasteiger partial charge in [-0.25, -0.2) is 4.98 Å². The van der Waals surface area contributed by atoms with Crippen molar-refractivity contribution < 1.29 is 9.90 Å². The van der Waals surface area contributed by atoms with E-state index in [4.69, 9.17) is 0 Å². The maximum atomic E-state index is 12.3. The third-order valence-electron chi connectivity index (χ3n) is 4.61. The minimum Gasteiger partial charge on any atom is -0.396 e. The molecule has 5 nitrogen and oxygen atoms in total. The SMILES string of the molecule is Cc1ccc(NC(=O)c2ccc(NCC(CCO)c3ccccc3)nc2)cc1. The molecule has 28 heavy (non-hydrogen) atoms. The number of amides is 1. The van der Waals surface area contributed by atoms with Crippen molar-refractivity contribution in [2.75, 3.05) is 23.8 Å². The second-order valence-corrected chi connectivity index (χ2v) is 6.75. The van der Waals surface area contributed by atoms with E-state index in [0.717, 1.165) is 11.3 Å². The molecule has 144 valence electrons. The largest absolute Gasteiger partial charge is 0.396 e. The van der Waals surface area contributed by atoms with Crippen LogP contribution >= 0.6 is 0 Å². The monoisotopic (exact) mass is 375 g/mol. The standard InChI is InChI=1S/C23H25N3O2/c1-17-7-10-21(11-8-17)26-23(28)20-9-12-22(25-16-20)24-15-19(13-14-27)18-5-3-2-4-6-18/h2-12,16,19,27H,13-15H2,1H3,(H,24,25)(H,26,28). The number of hydrogen-bond acceptors (Lipinski definition) is 4. The second kappa shape index (κ2) is 9.67. The van der Waals surface area contributed by atoms with Gasteiger partial charge in [-0.2, -0.15) is 0 Å². The first-order valence-electron chi connectivity index (χ1n) is 9.39. The molecule has 1 unspecified atom stereocenters. The number of carbonyl (C=O) groups is 1. The van der Waals surface area contributed by atoms with Gasteiger partial charge in [0, 0.05) is 31.0 Å². The number of aromatic nitrogens is 1. The van der Waals surface area contributed by atoms with Crippen molar-refractivity contribution in [2.45, 2.75) is 19.3 Å². The molecule has 5 heteroatoms. The molecule has 0 aliphatic rings. The number of pyridine rings is 1. The summed E-state index contributed by atoms with van der Waals surface area (Å²) in [4.78, 5) is 16.7. The first-order chi connectivity index (χ1) is 13.7. The van der Waals surface area contributed by atoms with Crippen LogP contribution in [0.25, 0.3) is 0 Å². The number of nitrogens with one attached hydrogen (secondary N) is 2. The van der Waals surface area contributed by atoms with Gasteiger partial charge in [0.25, 0.3) is 5.91 Å². The zero-order chi connectivity index (χ0) is 19.8. The van der Waals surface area contributed by atoms with Gasteiger partial charge >= 0.3 is 0 Å². The summed E-state index contributed by atoms with van der Waals surface area (Å²) in [5.74, 6) is 0.702. The van der Waals surface area contributed by atoms with Crippen molar-refractivity contribution in [3.8, 4) is 0 Å². The molecule has 3 rings (SSSR count). The highest BCUT2D eigenvalue weighted by atomic mass is 16.3. The molecule has 0 saturated heterocycles. The summed E-state index contributed by atoms with van der Waals surface area (Å²) in [6.07, 6.45) is 2.24. The van der Waals surface area contributed by atoms with Gasteiger partial charge in [-0.15, -0.1) is 0 Å². The quantitative estimate of drug-likeness (QED) is 0.551. The van der Waals surface area contributed by atoms with Crippen LogP contribution in [0.2, 0.25) is 0 Å². The molecule has 1 aromatic heterocycles. The fourth-order valence-corrected chi connectivity index (χ4v) is 2.97. The fourth-order valence-electron chi connectivity index (χ4n) is 2.97. The number of aliphatic hydroxyl groups excluding tert-OH is 1. The van der Waals surface area contributed by atoms with Crippen molar-refractivity contribution >= 4 is 17.4 Å². The van der Waals surface area contributed by atoms with Gasteiger partial charge in [-0.3, -0.25) is 4.79 Å². The summed E-state index contributed by atoms with van der Waals surface area (Å²) in [5.41, 5.74) is 3.58. The lowest BCUT2D eigenvalue weighted by Gasteiger charge is -2.17. The van der Waals surface area contributed by atoms with Crippen LogP contribution in [-0.2, 0) is 0 Å². The highest BCUT2D eigenvalue weighted by Crippen LogP contribution is 2.20. The molecule has 0 fully saturated rings. The molecule has 1 atom stereocenters. The van der Waals surface area contributed by atoms with Crippen molar-refractivity contribution in [3.63, 3.8) is 0 Å². The van der Waals surface area contributed by atoms with Gasteiger partial charge in [0.2, 0.25) is 0 Å². The fraction of sp³-hybridized carbons (Fsp3) is 0.217. The number of rotatable bonds is 8. The summed E-state index contributed by atoms with van der Waals surface area (Å²) in [5, 5.41) is 15.5. The van der Waals surface area contributed by atoms with E-state index in [-0.39, 0.29) is 18.4 Å². The Hall–Kier alpha value is -3.18. The molecule has 0 aliphatic heterocycles. The first-order valence-corrected chi connectivity index (χ1v) is 9.39. The molecule has 0 saturated carbocycles. The molecule has 3 aromatic rings. The number of anilines is 2. The lowest BCUT2D eigenvalue weighted by molar-refractivity contribution is 0.102. The van der Waals surface area contributed by atoms with Gasteiger partial charge in [0.1, 0.15) is 5.82 Å². The zero-order valence-corrected chi connectivity index (χ0v) is 15.9. The van der Waals surface area contributed by atoms with Crippen molar-refractivity contribution in [2.24, 2.45) is 0 Å². The predicted molar refractivity (Wildman–Crippen MR) is 113 cm³/mol. The van der Waals surface area contributed by atoms with Crippen molar-refractivity contribution in [1.82, 2.24) is 4.98 Å². The number of nitrogens with zero attached hydrogens (tertiary/aromatic N) is 1. The third kappa shape index (κ3) is 5.41. The van der Waals surface area contributed by atoms with Crippen LogP contribution < -0.4 is 10.6 Å². The molecular formula is C23H25N3O2. The van der Waals surface area contributed by atoms with Crippen LogP contribution in [0.3, 0.4) is 0 Å². The normalized spacial score (nSPS) is 11.6. The summed E-state index contributed by atoms with van der Waals surface area (Å²) in [6, 6.07) is 21.3. The van der Waals surface area contributed by atoms with Gasteiger partial charge in [0.05, 0.1) is 5.56 Å². The first kappa shape index (κ1) is 19.6. The molecule has 2 aromatic carbocycles. The molecule has 0 aliphatic carbocycles. The average molecular weight is 375 g/mol. The van der Waals surface area contributed by atoms with Gasteiger partial charge < -0.3 is 15.7 Å². The Labute approximate surface area is 165 Å². The van der Waals surface area contributed by atoms with Gasteiger partial charge in [-0.05, 0) is 43.2 Å². The van der Waals surface area contributed by atoms with E-state index in [9.17, 15) is 9.90 Å². The molecule has 3 N–H and O–H groups in total. The smallest absolute Gasteiger partial charge is 0.257 e. The van der Waals surface area contributed by atoms with Crippen LogP contribution in [0.4, 0.5) is 11.5 Å². The summed E-state index contributed by atoms with van der Waals surface area (Å²) in [7, 11) is 0. The van der Waals surface area contributed by atoms with E-state index < -0.39 is 0 Å². The number of benzene rings is 2. The van der Waals surface area contributed by atoms with E-state index in [2.05, 4.69) is 27.8 Å². The number of hydrogen-bond donors (Lipinski definition) is 3. The molecule has 1 amide bonds. The van der Waals surface area contributed by atoms with Crippen molar-refractivity contribution in [1.29, 1.82) is 0 Å². The highest BCUT2D eigenvalue weighted by Gasteiger charge is 2.11. The van der Waals surface area contributed by atoms with Crippen LogP contribution in [0.1, 0.15) is 33.8 Å². The highest BCUT2D eigenvalue weighted by molar-refractivity contribution is 6.04. The second-order valence-electron chi connectivity index (χ2n) is 6.75. The molecule has 0 spiro atoms. The van der Waals surface area contributed by atoms with Gasteiger partial charge in [-0.1, -0.05) is 48.0 Å². The third-order valence-corrected chi connectivity index (χ3v) is 4.61. The Bertz CT molecular complexity index is 878. The lowest BCUT2D eigenvalue weighted by atomic mass is 9.96. The Morgan fingerprint density at radius 1 is 1.04 bits per heavy atom. The van der Waals surface area contributed by atoms with E-state index in [1.54, 1.807) is 18.3 Å². The Morgan fingerprint density at radius 2 is 1.79 bits per heavy atom. The predicted octanol–water partition coefficient (Wildman–Crippen LogP) is 4.22. The maximum absolute atomic E-state index is 12.3. The van der Waals surface area contributed by atoms with Crippen LogP contribution in [-0.4, -0.2) is 29.1 Å². The molecular weight excluding hydrogens is 350 g/mol. The van der Waals surface area contributed by atoms with Gasteiger partial charge in [0.15, 0.2) is 0 Å². The molecule has 0 bridgehead atoms. The summed E-state index contributed by atoms with van der Waals surface area (Å²) >= 11 is 0. The average Bonchev–Trinajstić information content (AvgIpc) is 2.74. The summed E-state index contributed by atoms with van der Waals surface area (Å²) in [6.45, 7) is 2.80. The Kier molecular flexibility index (Phi) is 6.76. The van der Waals surface area contributed by atoms with E-state index in [0.29, 0.717) is 24.3 Å². The topological polar surface area (TPSA) is 74.2 Å². The minimum absolute atomic E-state index is 0.132. The van der Waals surface area contributed by atoms with Crippen LogP contribution in [0.15, 0.2) is 72.9 Å². The van der Waals surface area contributed by atoms with E-state index in [1.165, 1.54) is 5.56 Å². The number of aryl methyl sites for hydroxylation is 1. The molecule has 1 heterocycles. The van der Waals surface area contributed by atoms with Crippen LogP contribution in [0.5, 0.6) is 0 Å². The Morgan fingerprint density at radius 3 is 2.43 bits per heavy atom. The zero-order valence-electron chi connectivity index (χ0n) is 15.9. The number of carbonyl (C=O) groups excluding carboxylic acids is 1. The van der Waals surface area contributed by atoms with E-state index in [1.807, 2.05) is 49.4 Å². The minimum atomic E-state index is -0.189. The summed E-state index contributed by atoms with van der Waals surface area (Å²) < 4.78 is 0. The maximum Gasteiger partial charge on any atom is 0.257 e. The lowest BCUT2D eigenvalue weighted by Crippen LogP contribution is -2.16. The molecule has 0 radical (unpaired) electrons. The number of aliphatic hydroxyl groups is 1. The van der Waals surface area contributed by atoms with Crippen molar-refractivity contribution in [3.05, 3.63) is 89.6 Å². The van der Waals surface area contributed by atoms with Crippen LogP contribution in [0, 0.1) is 6.92 Å².